The summed E-state index contributed by atoms with van der Waals surface area (Å²) in [4.78, 5) is 25.7. The minimum Gasteiger partial charge on any atom is -0.494 e. The molecule has 0 bridgehead atoms. The second-order valence-electron chi connectivity index (χ2n) is 5.97. The predicted octanol–water partition coefficient (Wildman–Crippen LogP) is 4.35. The van der Waals surface area contributed by atoms with Crippen molar-refractivity contribution < 1.29 is 14.3 Å². The van der Waals surface area contributed by atoms with Crippen LogP contribution in [0.3, 0.4) is 0 Å². The molecule has 27 heavy (non-hydrogen) atoms. The van der Waals surface area contributed by atoms with Gasteiger partial charge in [-0.3, -0.25) is 9.59 Å². The standard InChI is InChI=1S/C21H23BrN2O3/c1-3-14-27-17-11-8-16(9-12-17)10-13-21(26)24(2)15-20(25)23-19-7-5-4-6-18(19)22/h4-13H,3,14-15H2,1-2H3,(H,23,25). The minimum atomic E-state index is -0.261. The Balaban J connectivity index is 1.86. The molecule has 0 aliphatic rings. The number of benzene rings is 2. The number of nitrogens with zero attached hydrogens (tertiary/aromatic N) is 1. The largest absolute Gasteiger partial charge is 0.494 e. The van der Waals surface area contributed by atoms with Crippen LogP contribution in [0, 0.1) is 0 Å². The van der Waals surface area contributed by atoms with Gasteiger partial charge in [0.15, 0.2) is 0 Å². The number of hydrogen-bond donors (Lipinski definition) is 1. The van der Waals surface area contributed by atoms with Crippen molar-refractivity contribution in [3.8, 4) is 5.75 Å². The summed E-state index contributed by atoms with van der Waals surface area (Å²) in [5, 5.41) is 2.78. The summed E-state index contributed by atoms with van der Waals surface area (Å²) < 4.78 is 6.32. The lowest BCUT2D eigenvalue weighted by atomic mass is 10.2. The van der Waals surface area contributed by atoms with E-state index in [0.29, 0.717) is 12.3 Å². The molecule has 6 heteroatoms. The molecular weight excluding hydrogens is 408 g/mol. The number of para-hydroxylation sites is 1. The van der Waals surface area contributed by atoms with Crippen molar-refractivity contribution in [2.24, 2.45) is 0 Å². The first kappa shape index (κ1) is 20.7. The van der Waals surface area contributed by atoms with Gasteiger partial charge >= 0.3 is 0 Å². The average Bonchev–Trinajstić information content (AvgIpc) is 2.67. The van der Waals surface area contributed by atoms with Crippen LogP contribution < -0.4 is 10.1 Å². The monoisotopic (exact) mass is 430 g/mol. The van der Waals surface area contributed by atoms with Gasteiger partial charge in [0, 0.05) is 17.6 Å². The maximum atomic E-state index is 12.2. The van der Waals surface area contributed by atoms with Gasteiger partial charge in [-0.1, -0.05) is 31.2 Å². The first-order chi connectivity index (χ1) is 13.0. The topological polar surface area (TPSA) is 58.6 Å². The van der Waals surface area contributed by atoms with Crippen LogP contribution in [0.1, 0.15) is 18.9 Å². The maximum Gasteiger partial charge on any atom is 0.246 e. The van der Waals surface area contributed by atoms with Crippen LogP contribution in [0.2, 0.25) is 0 Å². The lowest BCUT2D eigenvalue weighted by molar-refractivity contribution is -0.129. The predicted molar refractivity (Wildman–Crippen MR) is 112 cm³/mol. The molecule has 2 aromatic carbocycles. The molecule has 1 N–H and O–H groups in total. The molecule has 0 unspecified atom stereocenters. The number of amides is 2. The number of likely N-dealkylation sites (N-methyl/N-ethyl adjacent to an activating group) is 1. The number of anilines is 1. The van der Waals surface area contributed by atoms with Gasteiger partial charge in [-0.25, -0.2) is 0 Å². The van der Waals surface area contributed by atoms with E-state index in [9.17, 15) is 9.59 Å². The van der Waals surface area contributed by atoms with Gasteiger partial charge in [-0.05, 0) is 58.3 Å². The second kappa shape index (κ2) is 10.5. The van der Waals surface area contributed by atoms with E-state index >= 15 is 0 Å². The minimum absolute atomic E-state index is 0.0334. The number of rotatable bonds is 8. The Bertz CT molecular complexity index is 803. The summed E-state index contributed by atoms with van der Waals surface area (Å²) in [5.41, 5.74) is 1.56. The molecule has 0 fully saturated rings. The molecule has 0 spiro atoms. The van der Waals surface area contributed by atoms with E-state index in [1.165, 1.54) is 11.0 Å². The van der Waals surface area contributed by atoms with E-state index in [4.69, 9.17) is 4.74 Å². The molecule has 2 rings (SSSR count). The molecule has 2 amide bonds. The molecule has 0 saturated carbocycles. The molecule has 0 aliphatic heterocycles. The molecule has 142 valence electrons. The van der Waals surface area contributed by atoms with Crippen LogP contribution in [0.15, 0.2) is 59.1 Å². The average molecular weight is 431 g/mol. The highest BCUT2D eigenvalue weighted by molar-refractivity contribution is 9.10. The number of nitrogens with one attached hydrogen (secondary N) is 1. The number of hydrogen-bond acceptors (Lipinski definition) is 3. The second-order valence-corrected chi connectivity index (χ2v) is 6.83. The Morgan fingerprint density at radius 2 is 1.85 bits per heavy atom. The third-order valence-corrected chi connectivity index (χ3v) is 4.37. The fourth-order valence-corrected chi connectivity index (χ4v) is 2.62. The fraction of sp³-hybridized carbons (Fsp3) is 0.238. The van der Waals surface area contributed by atoms with Gasteiger partial charge in [0.05, 0.1) is 18.8 Å². The summed E-state index contributed by atoms with van der Waals surface area (Å²) in [5.74, 6) is 0.299. The highest BCUT2D eigenvalue weighted by atomic mass is 79.9. The quantitative estimate of drug-likeness (QED) is 0.633. The van der Waals surface area contributed by atoms with Crippen molar-refractivity contribution in [1.29, 1.82) is 0 Å². The molecule has 0 aromatic heterocycles. The van der Waals surface area contributed by atoms with E-state index in [0.717, 1.165) is 22.2 Å². The Labute approximate surface area is 168 Å². The molecular formula is C21H23BrN2O3. The lowest BCUT2D eigenvalue weighted by Crippen LogP contribution is -2.33. The molecule has 0 radical (unpaired) electrons. The Morgan fingerprint density at radius 3 is 2.52 bits per heavy atom. The van der Waals surface area contributed by atoms with E-state index in [2.05, 4.69) is 28.2 Å². The molecule has 0 atom stereocenters. The van der Waals surface area contributed by atoms with Gasteiger partial charge in [-0.2, -0.15) is 0 Å². The maximum absolute atomic E-state index is 12.2. The third kappa shape index (κ3) is 6.90. The Hall–Kier alpha value is -2.60. The summed E-state index contributed by atoms with van der Waals surface area (Å²) in [7, 11) is 1.59. The first-order valence-electron chi connectivity index (χ1n) is 8.70. The summed E-state index contributed by atoms with van der Waals surface area (Å²) in [6, 6.07) is 14.8. The smallest absolute Gasteiger partial charge is 0.246 e. The fourth-order valence-electron chi connectivity index (χ4n) is 2.24. The van der Waals surface area contributed by atoms with Crippen LogP contribution in [0.4, 0.5) is 5.69 Å². The Kier molecular flexibility index (Phi) is 8.07. The summed E-state index contributed by atoms with van der Waals surface area (Å²) in [6.07, 6.45) is 4.12. The van der Waals surface area contributed by atoms with Crippen molar-refractivity contribution in [1.82, 2.24) is 4.90 Å². The van der Waals surface area contributed by atoms with Crippen molar-refractivity contribution >= 4 is 39.5 Å². The molecule has 0 aliphatic carbocycles. The number of ether oxygens (including phenoxy) is 1. The Morgan fingerprint density at radius 1 is 1.15 bits per heavy atom. The zero-order valence-corrected chi connectivity index (χ0v) is 17.0. The zero-order chi connectivity index (χ0) is 19.6. The summed E-state index contributed by atoms with van der Waals surface area (Å²) in [6.45, 7) is 2.70. The zero-order valence-electron chi connectivity index (χ0n) is 15.4. The number of carbonyl (C=O) groups is 2. The van der Waals surface area contributed by atoms with Gasteiger partial charge in [0.1, 0.15) is 5.75 Å². The van der Waals surface area contributed by atoms with Gasteiger partial charge in [-0.15, -0.1) is 0 Å². The summed E-state index contributed by atoms with van der Waals surface area (Å²) >= 11 is 3.37. The highest BCUT2D eigenvalue weighted by Crippen LogP contribution is 2.21. The van der Waals surface area contributed by atoms with Crippen LogP contribution in [0.5, 0.6) is 5.75 Å². The van der Waals surface area contributed by atoms with E-state index in [1.807, 2.05) is 42.5 Å². The molecule has 0 heterocycles. The number of halogens is 1. The van der Waals surface area contributed by atoms with Crippen LogP contribution in [-0.2, 0) is 9.59 Å². The van der Waals surface area contributed by atoms with E-state index in [1.54, 1.807) is 19.2 Å². The van der Waals surface area contributed by atoms with Crippen LogP contribution in [0.25, 0.3) is 6.08 Å². The van der Waals surface area contributed by atoms with Gasteiger partial charge in [0.2, 0.25) is 11.8 Å². The lowest BCUT2D eigenvalue weighted by Gasteiger charge is -2.15. The third-order valence-electron chi connectivity index (χ3n) is 3.68. The van der Waals surface area contributed by atoms with E-state index in [-0.39, 0.29) is 18.4 Å². The van der Waals surface area contributed by atoms with E-state index < -0.39 is 0 Å². The van der Waals surface area contributed by atoms with Crippen molar-refractivity contribution in [3.05, 3.63) is 64.6 Å². The highest BCUT2D eigenvalue weighted by Gasteiger charge is 2.11. The molecule has 5 nitrogen and oxygen atoms in total. The van der Waals surface area contributed by atoms with Crippen LogP contribution >= 0.6 is 15.9 Å². The van der Waals surface area contributed by atoms with Crippen molar-refractivity contribution in [2.75, 3.05) is 25.5 Å². The van der Waals surface area contributed by atoms with Crippen LogP contribution in [-0.4, -0.2) is 36.9 Å². The normalized spacial score (nSPS) is 10.6. The van der Waals surface area contributed by atoms with Crippen molar-refractivity contribution in [3.63, 3.8) is 0 Å². The first-order valence-corrected chi connectivity index (χ1v) is 9.49. The molecule has 0 saturated heterocycles. The van der Waals surface area contributed by atoms with Crippen molar-refractivity contribution in [2.45, 2.75) is 13.3 Å². The van der Waals surface area contributed by atoms with Gasteiger partial charge in [0.25, 0.3) is 0 Å². The molecule has 2 aromatic rings. The van der Waals surface area contributed by atoms with Gasteiger partial charge < -0.3 is 15.0 Å². The SMILES string of the molecule is CCCOc1ccc(C=CC(=O)N(C)CC(=O)Nc2ccccc2Br)cc1. The number of carbonyl (C=O) groups excluding carboxylic acids is 2.